The van der Waals surface area contributed by atoms with Crippen molar-refractivity contribution in [2.45, 2.75) is 26.9 Å². The first-order chi connectivity index (χ1) is 15.7. The summed E-state index contributed by atoms with van der Waals surface area (Å²) in [5.74, 6) is 0.334. The van der Waals surface area contributed by atoms with E-state index in [2.05, 4.69) is 40.5 Å². The molecule has 4 aromatic rings. The summed E-state index contributed by atoms with van der Waals surface area (Å²) in [6.07, 6.45) is 6.71. The highest BCUT2D eigenvalue weighted by Crippen LogP contribution is 2.29. The second-order valence-electron chi connectivity index (χ2n) is 6.03. The van der Waals surface area contributed by atoms with Crippen LogP contribution in [0.25, 0.3) is 0 Å². The maximum Gasteiger partial charge on any atom is 0.231 e. The number of hydrogen-bond donors (Lipinski definition) is 2. The van der Waals surface area contributed by atoms with Crippen LogP contribution in [0.15, 0.2) is 87.6 Å². The van der Waals surface area contributed by atoms with Crippen molar-refractivity contribution < 1.29 is 0 Å². The Morgan fingerprint density at radius 3 is 1.97 bits per heavy atom. The highest BCUT2D eigenvalue weighted by Gasteiger charge is 2.11. The predicted molar refractivity (Wildman–Crippen MR) is 129 cm³/mol. The van der Waals surface area contributed by atoms with Crippen molar-refractivity contribution in [1.82, 2.24) is 35.2 Å². The molecule has 3 aromatic heterocycles. The first-order valence-corrected chi connectivity index (χ1v) is 11.6. The number of thiocarbonyl (C=S) groups is 1. The molecule has 0 fully saturated rings. The van der Waals surface area contributed by atoms with E-state index in [-0.39, 0.29) is 0 Å². The minimum atomic E-state index is 0.334. The molecule has 0 aliphatic heterocycles. The lowest BCUT2D eigenvalue weighted by atomic mass is 10.2. The lowest BCUT2D eigenvalue weighted by molar-refractivity contribution is 0.910. The second-order valence-corrected chi connectivity index (χ2v) is 8.82. The van der Waals surface area contributed by atoms with Gasteiger partial charge >= 0.3 is 0 Å². The highest BCUT2D eigenvalue weighted by molar-refractivity contribution is 7.99. The van der Waals surface area contributed by atoms with Crippen LogP contribution in [0, 0.1) is 0 Å². The topological polar surface area (TPSA) is 101 Å². The third kappa shape index (κ3) is 6.57. The molecule has 0 aliphatic carbocycles. The maximum absolute atomic E-state index is 6.21. The van der Waals surface area contributed by atoms with Crippen LogP contribution < -0.4 is 10.6 Å². The molecular formula is C20H15ClN8S3. The molecule has 12 heteroatoms. The molecule has 0 radical (unpaired) electrons. The zero-order chi connectivity index (χ0) is 22.2. The molecule has 4 rings (SSSR count). The second kappa shape index (κ2) is 11.1. The van der Waals surface area contributed by atoms with Crippen LogP contribution in [0.3, 0.4) is 0 Å². The fourth-order valence-electron chi connectivity index (χ4n) is 2.39. The summed E-state index contributed by atoms with van der Waals surface area (Å²) in [5, 5.41) is 9.64. The average Bonchev–Trinajstić information content (AvgIpc) is 2.80. The molecule has 2 N–H and O–H groups in total. The first-order valence-electron chi connectivity index (χ1n) is 9.23. The summed E-state index contributed by atoms with van der Waals surface area (Å²) in [6.45, 7) is 0.470. The lowest BCUT2D eigenvalue weighted by Crippen LogP contribution is -2.29. The SMILES string of the molecule is S=C(NCc1ccccc1Cl)Nc1nc(Sc2ncccn2)cc(Sc2ncccn2)n1. The predicted octanol–water partition coefficient (Wildman–Crippen LogP) is 4.50. The van der Waals surface area contributed by atoms with Gasteiger partial charge in [-0.1, -0.05) is 29.8 Å². The van der Waals surface area contributed by atoms with Crippen molar-refractivity contribution in [3.63, 3.8) is 0 Å². The Hall–Kier alpha value is -2.86. The molecule has 0 aliphatic rings. The molecule has 1 aromatic carbocycles. The van der Waals surface area contributed by atoms with E-state index in [1.165, 1.54) is 23.5 Å². The van der Waals surface area contributed by atoms with E-state index >= 15 is 0 Å². The first kappa shape index (κ1) is 22.3. The summed E-state index contributed by atoms with van der Waals surface area (Å²) in [5.41, 5.74) is 0.933. The zero-order valence-electron chi connectivity index (χ0n) is 16.3. The Morgan fingerprint density at radius 1 is 0.844 bits per heavy atom. The number of aromatic nitrogens is 6. The molecule has 0 atom stereocenters. The molecule has 0 bridgehead atoms. The summed E-state index contributed by atoms with van der Waals surface area (Å²) >= 11 is 14.3. The minimum Gasteiger partial charge on any atom is -0.358 e. The number of rotatable bonds is 7. The van der Waals surface area contributed by atoms with Gasteiger partial charge < -0.3 is 10.6 Å². The van der Waals surface area contributed by atoms with E-state index in [9.17, 15) is 0 Å². The van der Waals surface area contributed by atoms with Crippen LogP contribution in [-0.2, 0) is 6.54 Å². The smallest absolute Gasteiger partial charge is 0.231 e. The van der Waals surface area contributed by atoms with Gasteiger partial charge in [-0.3, -0.25) is 0 Å². The maximum atomic E-state index is 6.21. The van der Waals surface area contributed by atoms with E-state index in [0.29, 0.717) is 43.0 Å². The summed E-state index contributed by atoms with van der Waals surface area (Å²) < 4.78 is 0. The van der Waals surface area contributed by atoms with E-state index in [1.54, 1.807) is 36.9 Å². The quantitative estimate of drug-likeness (QED) is 0.214. The molecule has 0 spiro atoms. The van der Waals surface area contributed by atoms with Crippen LogP contribution in [0.4, 0.5) is 5.95 Å². The van der Waals surface area contributed by atoms with Gasteiger partial charge in [-0.05, 0) is 59.5 Å². The van der Waals surface area contributed by atoms with Gasteiger partial charge in [0, 0.05) is 42.4 Å². The van der Waals surface area contributed by atoms with Crippen molar-refractivity contribution >= 4 is 58.4 Å². The lowest BCUT2D eigenvalue weighted by Gasteiger charge is -2.12. The number of nitrogens with zero attached hydrogens (tertiary/aromatic N) is 6. The van der Waals surface area contributed by atoms with E-state index in [1.807, 2.05) is 30.3 Å². The van der Waals surface area contributed by atoms with E-state index in [0.717, 1.165) is 5.56 Å². The monoisotopic (exact) mass is 498 g/mol. The van der Waals surface area contributed by atoms with Crippen molar-refractivity contribution in [1.29, 1.82) is 0 Å². The van der Waals surface area contributed by atoms with Crippen LogP contribution in [-0.4, -0.2) is 35.0 Å². The average molecular weight is 499 g/mol. The summed E-state index contributed by atoms with van der Waals surface area (Å²) in [4.78, 5) is 26.0. The Balaban J connectivity index is 1.51. The number of nitrogens with one attached hydrogen (secondary N) is 2. The van der Waals surface area contributed by atoms with E-state index in [4.69, 9.17) is 23.8 Å². The van der Waals surface area contributed by atoms with Gasteiger partial charge in [-0.15, -0.1) is 0 Å². The van der Waals surface area contributed by atoms with Crippen LogP contribution in [0.5, 0.6) is 0 Å². The van der Waals surface area contributed by atoms with Gasteiger partial charge in [0.05, 0.1) is 0 Å². The van der Waals surface area contributed by atoms with Crippen molar-refractivity contribution in [2.24, 2.45) is 0 Å². The number of halogens is 1. The molecule has 8 nitrogen and oxygen atoms in total. The number of benzene rings is 1. The van der Waals surface area contributed by atoms with E-state index < -0.39 is 0 Å². The van der Waals surface area contributed by atoms with Gasteiger partial charge in [0.1, 0.15) is 10.1 Å². The van der Waals surface area contributed by atoms with Gasteiger partial charge in [0.2, 0.25) is 5.95 Å². The zero-order valence-corrected chi connectivity index (χ0v) is 19.5. The fourth-order valence-corrected chi connectivity index (χ4v) is 4.27. The van der Waals surface area contributed by atoms with Gasteiger partial charge in [0.25, 0.3) is 0 Å². The highest BCUT2D eigenvalue weighted by atomic mass is 35.5. The number of anilines is 1. The molecule has 32 heavy (non-hydrogen) atoms. The molecular weight excluding hydrogens is 484 g/mol. The van der Waals surface area contributed by atoms with Crippen molar-refractivity contribution in [3.05, 3.63) is 77.8 Å². The Morgan fingerprint density at radius 2 is 1.41 bits per heavy atom. The molecule has 3 heterocycles. The molecule has 0 amide bonds. The third-order valence-electron chi connectivity index (χ3n) is 3.78. The largest absolute Gasteiger partial charge is 0.358 e. The molecule has 160 valence electrons. The van der Waals surface area contributed by atoms with Gasteiger partial charge in [-0.25, -0.2) is 29.9 Å². The van der Waals surface area contributed by atoms with Crippen LogP contribution in [0.1, 0.15) is 5.56 Å². The van der Waals surface area contributed by atoms with Gasteiger partial charge in [-0.2, -0.15) is 0 Å². The molecule has 0 unspecified atom stereocenters. The van der Waals surface area contributed by atoms with Crippen molar-refractivity contribution in [2.75, 3.05) is 5.32 Å². The summed E-state index contributed by atoms with van der Waals surface area (Å²) in [6, 6.07) is 12.9. The van der Waals surface area contributed by atoms with Gasteiger partial charge in [0.15, 0.2) is 15.4 Å². The standard InChI is InChI=1S/C20H15ClN8S3/c21-14-6-2-1-5-13(14)12-26-18(30)29-17-27-15(31-19-22-7-3-8-23-19)11-16(28-17)32-20-24-9-4-10-25-20/h1-11H,12H2,(H2,26,27,28,29,30). The van der Waals surface area contributed by atoms with Crippen LogP contribution >= 0.6 is 47.3 Å². The fraction of sp³-hybridized carbons (Fsp3) is 0.0500. The normalized spacial score (nSPS) is 10.5. The third-order valence-corrected chi connectivity index (χ3v) is 6.02. The minimum absolute atomic E-state index is 0.334. The molecule has 0 saturated carbocycles. The van der Waals surface area contributed by atoms with Crippen LogP contribution in [0.2, 0.25) is 5.02 Å². The number of hydrogen-bond acceptors (Lipinski definition) is 9. The Kier molecular flexibility index (Phi) is 7.77. The Labute approximate surface area is 203 Å². The molecule has 0 saturated heterocycles. The summed E-state index contributed by atoms with van der Waals surface area (Å²) in [7, 11) is 0. The Bertz CT molecular complexity index is 1140. The van der Waals surface area contributed by atoms with Crippen molar-refractivity contribution in [3.8, 4) is 0 Å².